The number of hydrogen-bond donors (Lipinski definition) is 2. The Kier molecular flexibility index (Phi) is 6.51. The molecule has 6 heteroatoms. The standard InChI is InChI=1S/C26H31N3O3/c1-17(2)18-5-10-23(31-4)22(15-18)24-11-12-25(32-24)26(30)28-19-6-8-21(9-7-19)29-14-13-20(16-29)27-3/h5-12,15,17,20,27H,13-14,16H2,1-4H3,(H,28,30). The Morgan fingerprint density at radius 1 is 1.12 bits per heavy atom. The van der Waals surface area contributed by atoms with Crippen LogP contribution in [0.2, 0.25) is 0 Å². The Bertz CT molecular complexity index is 1070. The van der Waals surface area contributed by atoms with Gasteiger partial charge in [-0.2, -0.15) is 0 Å². The Morgan fingerprint density at radius 2 is 1.91 bits per heavy atom. The summed E-state index contributed by atoms with van der Waals surface area (Å²) in [7, 11) is 3.64. The van der Waals surface area contributed by atoms with Crippen LogP contribution in [-0.4, -0.2) is 39.2 Å². The van der Waals surface area contributed by atoms with Gasteiger partial charge in [-0.15, -0.1) is 0 Å². The molecule has 0 spiro atoms. The van der Waals surface area contributed by atoms with Crippen LogP contribution in [0.25, 0.3) is 11.3 Å². The number of anilines is 2. The van der Waals surface area contributed by atoms with Crippen molar-refractivity contribution in [1.82, 2.24) is 5.32 Å². The predicted octanol–water partition coefficient (Wildman–Crippen LogP) is 5.13. The molecule has 3 aromatic rings. The maximum atomic E-state index is 12.8. The summed E-state index contributed by atoms with van der Waals surface area (Å²) in [5.41, 5.74) is 3.92. The van der Waals surface area contributed by atoms with Crippen molar-refractivity contribution in [2.75, 3.05) is 37.5 Å². The molecule has 0 bridgehead atoms. The Morgan fingerprint density at radius 3 is 2.56 bits per heavy atom. The number of ether oxygens (including phenoxy) is 1. The smallest absolute Gasteiger partial charge is 0.291 e. The van der Waals surface area contributed by atoms with Gasteiger partial charge in [0.05, 0.1) is 12.7 Å². The molecule has 168 valence electrons. The van der Waals surface area contributed by atoms with Crippen molar-refractivity contribution in [3.8, 4) is 17.1 Å². The van der Waals surface area contributed by atoms with E-state index in [0.717, 1.165) is 36.4 Å². The molecule has 0 aliphatic carbocycles. The first-order valence-corrected chi connectivity index (χ1v) is 11.1. The minimum absolute atomic E-state index is 0.262. The fraction of sp³-hybridized carbons (Fsp3) is 0.346. The fourth-order valence-electron chi connectivity index (χ4n) is 4.06. The minimum Gasteiger partial charge on any atom is -0.496 e. The van der Waals surface area contributed by atoms with Crippen LogP contribution in [0.5, 0.6) is 5.75 Å². The number of carbonyl (C=O) groups is 1. The topological polar surface area (TPSA) is 66.7 Å². The molecule has 32 heavy (non-hydrogen) atoms. The lowest BCUT2D eigenvalue weighted by Crippen LogP contribution is -2.29. The number of benzene rings is 2. The molecule has 1 amide bonds. The summed E-state index contributed by atoms with van der Waals surface area (Å²) in [6.07, 6.45) is 1.14. The van der Waals surface area contributed by atoms with Crippen molar-refractivity contribution in [1.29, 1.82) is 0 Å². The van der Waals surface area contributed by atoms with Crippen LogP contribution in [0.15, 0.2) is 59.0 Å². The van der Waals surface area contributed by atoms with Crippen LogP contribution in [-0.2, 0) is 0 Å². The molecule has 0 saturated carbocycles. The Balaban J connectivity index is 1.46. The van der Waals surface area contributed by atoms with Gasteiger partial charge in [-0.05, 0) is 73.5 Å². The van der Waals surface area contributed by atoms with E-state index in [1.807, 2.05) is 49.5 Å². The van der Waals surface area contributed by atoms with Gasteiger partial charge < -0.3 is 24.7 Å². The van der Waals surface area contributed by atoms with Crippen molar-refractivity contribution < 1.29 is 13.9 Å². The van der Waals surface area contributed by atoms with E-state index in [0.29, 0.717) is 23.5 Å². The zero-order valence-electron chi connectivity index (χ0n) is 19.1. The highest BCUT2D eigenvalue weighted by molar-refractivity contribution is 6.02. The highest BCUT2D eigenvalue weighted by Gasteiger charge is 2.21. The first-order chi connectivity index (χ1) is 15.5. The summed E-state index contributed by atoms with van der Waals surface area (Å²) in [6, 6.07) is 18.0. The van der Waals surface area contributed by atoms with Crippen LogP contribution >= 0.6 is 0 Å². The number of rotatable bonds is 7. The number of carbonyl (C=O) groups excluding carboxylic acids is 1. The summed E-state index contributed by atoms with van der Waals surface area (Å²) in [5, 5.41) is 6.26. The zero-order chi connectivity index (χ0) is 22.7. The molecule has 1 unspecified atom stereocenters. The van der Waals surface area contributed by atoms with Crippen molar-refractivity contribution in [3.05, 3.63) is 65.9 Å². The maximum absolute atomic E-state index is 12.8. The molecule has 0 radical (unpaired) electrons. The monoisotopic (exact) mass is 433 g/mol. The average Bonchev–Trinajstić information content (AvgIpc) is 3.49. The van der Waals surface area contributed by atoms with Crippen LogP contribution in [0.3, 0.4) is 0 Å². The van der Waals surface area contributed by atoms with E-state index in [1.165, 1.54) is 5.56 Å². The molecule has 1 aromatic heterocycles. The first kappa shape index (κ1) is 22.0. The van der Waals surface area contributed by atoms with E-state index < -0.39 is 0 Å². The quantitative estimate of drug-likeness (QED) is 0.541. The van der Waals surface area contributed by atoms with Crippen LogP contribution < -0.4 is 20.3 Å². The second-order valence-corrected chi connectivity index (χ2v) is 8.50. The van der Waals surface area contributed by atoms with Gasteiger partial charge in [-0.3, -0.25) is 4.79 Å². The maximum Gasteiger partial charge on any atom is 0.291 e. The highest BCUT2D eigenvalue weighted by atomic mass is 16.5. The molecule has 4 rings (SSSR count). The van der Waals surface area contributed by atoms with E-state index in [-0.39, 0.29) is 11.7 Å². The molecule has 1 aliphatic heterocycles. The number of nitrogens with zero attached hydrogens (tertiary/aromatic N) is 1. The number of methoxy groups -OCH3 is 1. The third kappa shape index (κ3) is 4.65. The van der Waals surface area contributed by atoms with Gasteiger partial charge >= 0.3 is 0 Å². The Hall–Kier alpha value is -3.25. The largest absolute Gasteiger partial charge is 0.496 e. The summed E-state index contributed by atoms with van der Waals surface area (Å²) in [4.78, 5) is 15.1. The molecule has 2 heterocycles. The normalized spacial score (nSPS) is 15.9. The van der Waals surface area contributed by atoms with E-state index in [2.05, 4.69) is 35.4 Å². The molecule has 1 saturated heterocycles. The molecule has 2 N–H and O–H groups in total. The lowest BCUT2D eigenvalue weighted by molar-refractivity contribution is 0.0997. The lowest BCUT2D eigenvalue weighted by atomic mass is 9.99. The number of furan rings is 1. The van der Waals surface area contributed by atoms with Gasteiger partial charge in [-0.25, -0.2) is 0 Å². The van der Waals surface area contributed by atoms with E-state index >= 15 is 0 Å². The molecule has 1 atom stereocenters. The summed E-state index contributed by atoms with van der Waals surface area (Å²) in [6.45, 7) is 6.31. The van der Waals surface area contributed by atoms with E-state index in [9.17, 15) is 4.79 Å². The van der Waals surface area contributed by atoms with Crippen molar-refractivity contribution in [2.45, 2.75) is 32.2 Å². The molecular weight excluding hydrogens is 402 g/mol. The SMILES string of the molecule is CNC1CCN(c2ccc(NC(=O)c3ccc(-c4cc(C(C)C)ccc4OC)o3)cc2)C1. The van der Waals surface area contributed by atoms with Gasteiger partial charge in [0.2, 0.25) is 0 Å². The van der Waals surface area contributed by atoms with Gasteiger partial charge in [0.25, 0.3) is 5.91 Å². The third-order valence-corrected chi connectivity index (χ3v) is 6.07. The second-order valence-electron chi connectivity index (χ2n) is 8.50. The second kappa shape index (κ2) is 9.49. The van der Waals surface area contributed by atoms with Crippen LogP contribution in [0, 0.1) is 0 Å². The number of nitrogens with one attached hydrogen (secondary N) is 2. The molecular formula is C26H31N3O3. The van der Waals surface area contributed by atoms with Crippen molar-refractivity contribution >= 4 is 17.3 Å². The summed E-state index contributed by atoms with van der Waals surface area (Å²) < 4.78 is 11.4. The summed E-state index contributed by atoms with van der Waals surface area (Å²) >= 11 is 0. The van der Waals surface area contributed by atoms with Gasteiger partial charge in [0.1, 0.15) is 11.5 Å². The number of hydrogen-bond acceptors (Lipinski definition) is 5. The highest BCUT2D eigenvalue weighted by Crippen LogP contribution is 2.34. The molecule has 6 nitrogen and oxygen atoms in total. The Labute approximate surface area is 189 Å². The van der Waals surface area contributed by atoms with Crippen LogP contribution in [0.4, 0.5) is 11.4 Å². The molecule has 2 aromatic carbocycles. The number of likely N-dealkylation sites (N-methyl/N-ethyl adjacent to an activating group) is 1. The zero-order valence-corrected chi connectivity index (χ0v) is 19.1. The van der Waals surface area contributed by atoms with Gasteiger partial charge in [0.15, 0.2) is 5.76 Å². The van der Waals surface area contributed by atoms with Crippen molar-refractivity contribution in [2.24, 2.45) is 0 Å². The molecule has 1 aliphatic rings. The fourth-order valence-corrected chi connectivity index (χ4v) is 4.06. The van der Waals surface area contributed by atoms with Gasteiger partial charge in [0, 0.05) is 30.5 Å². The van der Waals surface area contributed by atoms with Crippen LogP contribution in [0.1, 0.15) is 42.3 Å². The van der Waals surface area contributed by atoms with E-state index in [1.54, 1.807) is 13.2 Å². The average molecular weight is 434 g/mol. The number of amides is 1. The van der Waals surface area contributed by atoms with Gasteiger partial charge in [-0.1, -0.05) is 19.9 Å². The van der Waals surface area contributed by atoms with E-state index in [4.69, 9.17) is 9.15 Å². The van der Waals surface area contributed by atoms with Crippen molar-refractivity contribution in [3.63, 3.8) is 0 Å². The molecule has 1 fully saturated rings. The summed E-state index contributed by atoms with van der Waals surface area (Å²) in [5.74, 6) is 1.69. The minimum atomic E-state index is -0.278. The predicted molar refractivity (Wildman–Crippen MR) is 129 cm³/mol. The third-order valence-electron chi connectivity index (χ3n) is 6.07. The lowest BCUT2D eigenvalue weighted by Gasteiger charge is -2.19. The first-order valence-electron chi connectivity index (χ1n) is 11.1.